The largest absolute Gasteiger partial charge is 0.507 e. The predicted molar refractivity (Wildman–Crippen MR) is 143 cm³/mol. The van der Waals surface area contributed by atoms with Gasteiger partial charge < -0.3 is 19.3 Å². The molecule has 1 N–H and O–H groups in total. The minimum atomic E-state index is -0.673. The van der Waals surface area contributed by atoms with Crippen molar-refractivity contribution in [2.24, 2.45) is 0 Å². The van der Waals surface area contributed by atoms with Gasteiger partial charge in [0.2, 0.25) is 0 Å². The molecule has 1 saturated heterocycles. The van der Waals surface area contributed by atoms with E-state index in [0.29, 0.717) is 37.4 Å². The maximum absolute atomic E-state index is 13.3. The van der Waals surface area contributed by atoms with Crippen molar-refractivity contribution < 1.29 is 19.4 Å². The van der Waals surface area contributed by atoms with Crippen molar-refractivity contribution in [1.82, 2.24) is 14.5 Å². The number of imidazole rings is 1. The molecule has 1 aliphatic heterocycles. The van der Waals surface area contributed by atoms with Crippen molar-refractivity contribution in [3.8, 4) is 5.75 Å². The molecule has 1 amide bonds. The van der Waals surface area contributed by atoms with Crippen molar-refractivity contribution in [1.29, 1.82) is 0 Å². The maximum Gasteiger partial charge on any atom is 0.295 e. The molecule has 2 heterocycles. The Labute approximate surface area is 218 Å². The van der Waals surface area contributed by atoms with Gasteiger partial charge in [-0.15, -0.1) is 0 Å². The van der Waals surface area contributed by atoms with E-state index in [1.54, 1.807) is 41.7 Å². The Kier molecular flexibility index (Phi) is 7.81. The smallest absolute Gasteiger partial charge is 0.295 e. The molecule has 194 valence electrons. The molecule has 2 aromatic carbocycles. The summed E-state index contributed by atoms with van der Waals surface area (Å²) in [7, 11) is 0. The van der Waals surface area contributed by atoms with Gasteiger partial charge in [-0.1, -0.05) is 52.0 Å². The van der Waals surface area contributed by atoms with Gasteiger partial charge in [0.05, 0.1) is 24.5 Å². The van der Waals surface area contributed by atoms with E-state index in [-0.39, 0.29) is 16.7 Å². The van der Waals surface area contributed by atoms with E-state index >= 15 is 0 Å². The van der Waals surface area contributed by atoms with Crippen LogP contribution in [0.1, 0.15) is 63.3 Å². The highest BCUT2D eigenvalue weighted by Gasteiger charge is 2.45. The highest BCUT2D eigenvalue weighted by molar-refractivity contribution is 6.46. The van der Waals surface area contributed by atoms with Gasteiger partial charge in [-0.25, -0.2) is 4.98 Å². The SMILES string of the molecule is CCCOc1ccc(/C(O)=C2\C(=O)C(=O)N(CCCn3ccnc3)[C@@H]2c2ccc(C(C)(C)C)cc2)cc1. The molecule has 4 rings (SSSR count). The summed E-state index contributed by atoms with van der Waals surface area (Å²) in [6.07, 6.45) is 6.83. The lowest BCUT2D eigenvalue weighted by Crippen LogP contribution is -2.31. The molecule has 37 heavy (non-hydrogen) atoms. The van der Waals surface area contributed by atoms with Gasteiger partial charge in [0.25, 0.3) is 11.7 Å². The molecule has 1 atom stereocenters. The summed E-state index contributed by atoms with van der Waals surface area (Å²) in [5.41, 5.74) is 2.48. The van der Waals surface area contributed by atoms with Crippen LogP contribution >= 0.6 is 0 Å². The van der Waals surface area contributed by atoms with E-state index in [4.69, 9.17) is 4.74 Å². The molecule has 0 unspecified atom stereocenters. The van der Waals surface area contributed by atoms with Crippen LogP contribution in [-0.2, 0) is 21.5 Å². The minimum absolute atomic E-state index is 0.0350. The zero-order valence-corrected chi connectivity index (χ0v) is 22.0. The molecule has 0 spiro atoms. The number of aliphatic hydroxyl groups is 1. The topological polar surface area (TPSA) is 84.7 Å². The van der Waals surface area contributed by atoms with Crippen LogP contribution in [0.5, 0.6) is 5.75 Å². The zero-order chi connectivity index (χ0) is 26.6. The average molecular weight is 502 g/mol. The summed E-state index contributed by atoms with van der Waals surface area (Å²) >= 11 is 0. The van der Waals surface area contributed by atoms with Gasteiger partial charge in [0.15, 0.2) is 0 Å². The van der Waals surface area contributed by atoms with E-state index in [2.05, 4.69) is 25.8 Å². The Morgan fingerprint density at radius 2 is 1.73 bits per heavy atom. The molecule has 1 aromatic heterocycles. The standard InChI is InChI=1S/C30H35N3O4/c1-5-19-37-24-13-9-22(10-14-24)27(34)25-26(21-7-11-23(12-8-21)30(2,3)4)33(29(36)28(25)35)17-6-16-32-18-15-31-20-32/h7-15,18,20,26,34H,5-6,16-17,19H2,1-4H3/b27-25+/t26-/m1/s1. The monoisotopic (exact) mass is 501 g/mol. The zero-order valence-electron chi connectivity index (χ0n) is 22.0. The summed E-state index contributed by atoms with van der Waals surface area (Å²) in [6, 6.07) is 14.2. The number of hydrogen-bond donors (Lipinski definition) is 1. The number of amides is 1. The molecule has 0 saturated carbocycles. The minimum Gasteiger partial charge on any atom is -0.507 e. The summed E-state index contributed by atoms with van der Waals surface area (Å²) in [6.45, 7) is 10.1. The van der Waals surface area contributed by atoms with Crippen LogP contribution in [0.4, 0.5) is 0 Å². The number of aliphatic hydroxyl groups excluding tert-OH is 1. The van der Waals surface area contributed by atoms with Crippen molar-refractivity contribution >= 4 is 17.4 Å². The summed E-state index contributed by atoms with van der Waals surface area (Å²) in [5.74, 6) is -0.758. The fraction of sp³-hybridized carbons (Fsp3) is 0.367. The van der Waals surface area contributed by atoms with Crippen molar-refractivity contribution in [2.75, 3.05) is 13.2 Å². The fourth-order valence-corrected chi connectivity index (χ4v) is 4.55. The van der Waals surface area contributed by atoms with Gasteiger partial charge in [0.1, 0.15) is 11.5 Å². The number of nitrogens with zero attached hydrogens (tertiary/aromatic N) is 3. The second-order valence-corrected chi connectivity index (χ2v) is 10.4. The summed E-state index contributed by atoms with van der Waals surface area (Å²) in [4.78, 5) is 32.1. The first kappa shape index (κ1) is 26.2. The van der Waals surface area contributed by atoms with E-state index in [0.717, 1.165) is 17.5 Å². The van der Waals surface area contributed by atoms with Gasteiger partial charge in [-0.3, -0.25) is 9.59 Å². The number of likely N-dealkylation sites (tertiary alicyclic amines) is 1. The van der Waals surface area contributed by atoms with Crippen LogP contribution in [-0.4, -0.2) is 44.4 Å². The number of rotatable bonds is 9. The highest BCUT2D eigenvalue weighted by Crippen LogP contribution is 2.40. The molecule has 0 aliphatic carbocycles. The van der Waals surface area contributed by atoms with Crippen molar-refractivity contribution in [3.63, 3.8) is 0 Å². The Balaban J connectivity index is 1.70. The Bertz CT molecular complexity index is 1250. The third-order valence-corrected chi connectivity index (χ3v) is 6.61. The Morgan fingerprint density at radius 3 is 2.32 bits per heavy atom. The average Bonchev–Trinajstić information content (AvgIpc) is 3.49. The number of benzene rings is 2. The molecule has 7 heteroatoms. The van der Waals surface area contributed by atoms with Crippen molar-refractivity contribution in [3.05, 3.63) is 89.5 Å². The first-order valence-electron chi connectivity index (χ1n) is 12.8. The van der Waals surface area contributed by atoms with E-state index < -0.39 is 17.7 Å². The van der Waals surface area contributed by atoms with Crippen LogP contribution in [0.3, 0.4) is 0 Å². The molecular weight excluding hydrogens is 466 g/mol. The predicted octanol–water partition coefficient (Wildman–Crippen LogP) is 5.48. The number of ether oxygens (including phenoxy) is 1. The van der Waals surface area contributed by atoms with Gasteiger partial charge in [-0.05, 0) is 53.6 Å². The van der Waals surface area contributed by atoms with Crippen LogP contribution in [0.25, 0.3) is 5.76 Å². The number of carbonyl (C=O) groups excluding carboxylic acids is 2. The number of Topliss-reactive ketones (excluding diaryl/α,β-unsaturated/α-hetero) is 1. The summed E-state index contributed by atoms with van der Waals surface area (Å²) < 4.78 is 7.58. The Hall–Kier alpha value is -3.87. The van der Waals surface area contributed by atoms with Crippen molar-refractivity contribution in [2.45, 2.75) is 58.5 Å². The lowest BCUT2D eigenvalue weighted by Gasteiger charge is -2.26. The number of ketones is 1. The third-order valence-electron chi connectivity index (χ3n) is 6.61. The molecule has 0 bridgehead atoms. The molecule has 0 radical (unpaired) electrons. The van der Waals surface area contributed by atoms with Gasteiger partial charge in [-0.2, -0.15) is 0 Å². The normalized spacial score (nSPS) is 17.4. The van der Waals surface area contributed by atoms with E-state index in [1.807, 2.05) is 42.0 Å². The first-order valence-corrected chi connectivity index (χ1v) is 12.8. The number of aryl methyl sites for hydroxylation is 1. The first-order chi connectivity index (χ1) is 17.7. The third kappa shape index (κ3) is 5.77. The van der Waals surface area contributed by atoms with Gasteiger partial charge in [0, 0.05) is 31.0 Å². The second kappa shape index (κ2) is 11.0. The van der Waals surface area contributed by atoms with Crippen LogP contribution < -0.4 is 4.74 Å². The second-order valence-electron chi connectivity index (χ2n) is 10.4. The van der Waals surface area contributed by atoms with E-state index in [9.17, 15) is 14.7 Å². The highest BCUT2D eigenvalue weighted by atomic mass is 16.5. The lowest BCUT2D eigenvalue weighted by molar-refractivity contribution is -0.139. The lowest BCUT2D eigenvalue weighted by atomic mass is 9.85. The number of hydrogen-bond acceptors (Lipinski definition) is 5. The molecule has 1 aliphatic rings. The Morgan fingerprint density at radius 1 is 1.03 bits per heavy atom. The molecule has 3 aromatic rings. The summed E-state index contributed by atoms with van der Waals surface area (Å²) in [5, 5.41) is 11.3. The van der Waals surface area contributed by atoms with Gasteiger partial charge >= 0.3 is 0 Å². The maximum atomic E-state index is 13.3. The quantitative estimate of drug-likeness (QED) is 0.238. The molecular formula is C30H35N3O4. The fourth-order valence-electron chi connectivity index (χ4n) is 4.55. The number of carbonyl (C=O) groups is 2. The van der Waals surface area contributed by atoms with Crippen LogP contribution in [0, 0.1) is 0 Å². The molecule has 7 nitrogen and oxygen atoms in total. The van der Waals surface area contributed by atoms with Crippen LogP contribution in [0.15, 0.2) is 72.8 Å². The van der Waals surface area contributed by atoms with Crippen LogP contribution in [0.2, 0.25) is 0 Å². The van der Waals surface area contributed by atoms with E-state index in [1.165, 1.54) is 0 Å². The molecule has 1 fully saturated rings. The number of aromatic nitrogens is 2.